The van der Waals surface area contributed by atoms with E-state index in [1.807, 2.05) is 6.92 Å². The maximum absolute atomic E-state index is 6.19. The molecule has 2 unspecified atom stereocenters. The van der Waals surface area contributed by atoms with Gasteiger partial charge < -0.3 is 5.73 Å². The van der Waals surface area contributed by atoms with Crippen molar-refractivity contribution in [1.29, 1.82) is 0 Å². The van der Waals surface area contributed by atoms with E-state index in [-0.39, 0.29) is 0 Å². The standard InChI is InChI=1S/C13H22IN3/c1-8(2)10-6-4-5-7-11(10)17-13(15)12(14)9(3)16-17/h8,10-11H,4-7,15H2,1-3H3. The van der Waals surface area contributed by atoms with Gasteiger partial charge in [0.2, 0.25) is 0 Å². The van der Waals surface area contributed by atoms with Crippen molar-refractivity contribution in [3.8, 4) is 0 Å². The van der Waals surface area contributed by atoms with Gasteiger partial charge in [0, 0.05) is 0 Å². The lowest BCUT2D eigenvalue weighted by Crippen LogP contribution is -2.28. The fourth-order valence-electron chi connectivity index (χ4n) is 3.02. The van der Waals surface area contributed by atoms with Gasteiger partial charge in [0.05, 0.1) is 15.3 Å². The molecule has 4 heteroatoms. The van der Waals surface area contributed by atoms with Gasteiger partial charge in [-0.05, 0) is 54.2 Å². The lowest BCUT2D eigenvalue weighted by atomic mass is 9.78. The van der Waals surface area contributed by atoms with Gasteiger partial charge in [-0.1, -0.05) is 26.7 Å². The first-order chi connectivity index (χ1) is 8.02. The van der Waals surface area contributed by atoms with Crippen LogP contribution in [0.15, 0.2) is 0 Å². The van der Waals surface area contributed by atoms with Crippen LogP contribution in [0, 0.1) is 22.3 Å². The van der Waals surface area contributed by atoms with Crippen LogP contribution >= 0.6 is 22.6 Å². The smallest absolute Gasteiger partial charge is 0.135 e. The molecule has 1 aromatic rings. The van der Waals surface area contributed by atoms with Crippen molar-refractivity contribution in [1.82, 2.24) is 9.78 Å². The molecule has 17 heavy (non-hydrogen) atoms. The van der Waals surface area contributed by atoms with Crippen molar-refractivity contribution in [2.24, 2.45) is 11.8 Å². The highest BCUT2D eigenvalue weighted by molar-refractivity contribution is 14.1. The second-order valence-corrected chi connectivity index (χ2v) is 6.57. The minimum absolute atomic E-state index is 0.506. The molecule has 1 saturated carbocycles. The Hall–Kier alpha value is -0.260. The normalized spacial score (nSPS) is 25.5. The fraction of sp³-hybridized carbons (Fsp3) is 0.769. The number of rotatable bonds is 2. The van der Waals surface area contributed by atoms with E-state index in [2.05, 4.69) is 46.2 Å². The third-order valence-electron chi connectivity index (χ3n) is 4.00. The first-order valence-corrected chi connectivity index (χ1v) is 7.60. The third-order valence-corrected chi connectivity index (χ3v) is 5.33. The summed E-state index contributed by atoms with van der Waals surface area (Å²) in [5.74, 6) is 2.30. The second-order valence-electron chi connectivity index (χ2n) is 5.49. The Labute approximate surface area is 117 Å². The second kappa shape index (κ2) is 5.16. The van der Waals surface area contributed by atoms with Crippen LogP contribution in [0.2, 0.25) is 0 Å². The predicted octanol–water partition coefficient (Wildman–Crippen LogP) is 3.77. The highest BCUT2D eigenvalue weighted by Crippen LogP contribution is 2.40. The fourth-order valence-corrected chi connectivity index (χ4v) is 3.37. The number of hydrogen-bond acceptors (Lipinski definition) is 2. The van der Waals surface area contributed by atoms with Crippen molar-refractivity contribution < 1.29 is 0 Å². The largest absolute Gasteiger partial charge is 0.383 e. The number of anilines is 1. The Morgan fingerprint density at radius 1 is 1.35 bits per heavy atom. The Morgan fingerprint density at radius 3 is 2.53 bits per heavy atom. The van der Waals surface area contributed by atoms with E-state index in [0.717, 1.165) is 21.0 Å². The Kier molecular flexibility index (Phi) is 4.00. The molecule has 1 aliphatic rings. The minimum atomic E-state index is 0.506. The van der Waals surface area contributed by atoms with Crippen LogP contribution in [0.25, 0.3) is 0 Å². The van der Waals surface area contributed by atoms with Gasteiger partial charge in [-0.15, -0.1) is 0 Å². The zero-order valence-corrected chi connectivity index (χ0v) is 13.1. The van der Waals surface area contributed by atoms with E-state index in [0.29, 0.717) is 12.0 Å². The van der Waals surface area contributed by atoms with E-state index in [1.165, 1.54) is 25.7 Å². The van der Waals surface area contributed by atoms with Crippen molar-refractivity contribution in [3.63, 3.8) is 0 Å². The van der Waals surface area contributed by atoms with Crippen LogP contribution in [-0.2, 0) is 0 Å². The number of halogens is 1. The topological polar surface area (TPSA) is 43.8 Å². The Morgan fingerprint density at radius 2 is 2.00 bits per heavy atom. The average Bonchev–Trinajstić information content (AvgIpc) is 2.57. The van der Waals surface area contributed by atoms with Crippen molar-refractivity contribution in [2.75, 3.05) is 5.73 Å². The number of nitrogens with zero attached hydrogens (tertiary/aromatic N) is 2. The Balaban J connectivity index is 2.33. The first kappa shape index (κ1) is 13.2. The van der Waals surface area contributed by atoms with E-state index in [4.69, 9.17) is 5.73 Å². The molecule has 3 nitrogen and oxygen atoms in total. The molecule has 2 rings (SSSR count). The van der Waals surface area contributed by atoms with Gasteiger partial charge in [-0.2, -0.15) is 5.10 Å². The van der Waals surface area contributed by atoms with Gasteiger partial charge >= 0.3 is 0 Å². The summed E-state index contributed by atoms with van der Waals surface area (Å²) in [6, 6.07) is 0.506. The summed E-state index contributed by atoms with van der Waals surface area (Å²) in [7, 11) is 0. The molecule has 0 aromatic carbocycles. The molecular weight excluding hydrogens is 325 g/mol. The molecule has 0 radical (unpaired) electrons. The highest BCUT2D eigenvalue weighted by atomic mass is 127. The maximum atomic E-state index is 6.19. The zero-order valence-electron chi connectivity index (χ0n) is 10.9. The molecule has 1 fully saturated rings. The molecule has 0 bridgehead atoms. The molecule has 0 saturated heterocycles. The summed E-state index contributed by atoms with van der Waals surface area (Å²) in [6.45, 7) is 6.68. The molecule has 0 aliphatic heterocycles. The van der Waals surface area contributed by atoms with Crippen LogP contribution in [0.3, 0.4) is 0 Å². The summed E-state index contributed by atoms with van der Waals surface area (Å²) >= 11 is 2.30. The maximum Gasteiger partial charge on any atom is 0.135 e. The molecular formula is C13H22IN3. The average molecular weight is 347 g/mol. The van der Waals surface area contributed by atoms with Crippen molar-refractivity contribution in [2.45, 2.75) is 52.5 Å². The van der Waals surface area contributed by atoms with E-state index in [9.17, 15) is 0 Å². The Bertz CT molecular complexity index is 398. The molecule has 2 atom stereocenters. The first-order valence-electron chi connectivity index (χ1n) is 6.52. The number of nitrogen functional groups attached to an aromatic ring is 1. The zero-order chi connectivity index (χ0) is 12.6. The van der Waals surface area contributed by atoms with Crippen LogP contribution in [0.4, 0.5) is 5.82 Å². The monoisotopic (exact) mass is 347 g/mol. The molecule has 96 valence electrons. The molecule has 1 heterocycles. The van der Waals surface area contributed by atoms with E-state index < -0.39 is 0 Å². The summed E-state index contributed by atoms with van der Waals surface area (Å²) in [5, 5.41) is 4.65. The lowest BCUT2D eigenvalue weighted by Gasteiger charge is -2.34. The van der Waals surface area contributed by atoms with Gasteiger partial charge in [0.25, 0.3) is 0 Å². The summed E-state index contributed by atoms with van der Waals surface area (Å²) < 4.78 is 3.22. The highest BCUT2D eigenvalue weighted by Gasteiger charge is 2.31. The van der Waals surface area contributed by atoms with Gasteiger partial charge in [0.15, 0.2) is 0 Å². The van der Waals surface area contributed by atoms with Crippen LogP contribution < -0.4 is 5.73 Å². The SMILES string of the molecule is Cc1nn(C2CCCCC2C(C)C)c(N)c1I. The van der Waals surface area contributed by atoms with Gasteiger partial charge in [0.1, 0.15) is 5.82 Å². The quantitative estimate of drug-likeness (QED) is 0.828. The number of hydrogen-bond donors (Lipinski definition) is 1. The molecule has 1 aliphatic carbocycles. The third kappa shape index (κ3) is 2.46. The predicted molar refractivity (Wildman–Crippen MR) is 79.9 cm³/mol. The van der Waals surface area contributed by atoms with Crippen LogP contribution in [0.1, 0.15) is 51.3 Å². The molecule has 0 amide bonds. The summed E-state index contributed by atoms with van der Waals surface area (Å²) in [6.07, 6.45) is 5.21. The van der Waals surface area contributed by atoms with Gasteiger partial charge in [-0.3, -0.25) is 0 Å². The number of aromatic nitrogens is 2. The number of nitrogens with two attached hydrogens (primary N) is 1. The van der Waals surface area contributed by atoms with Crippen molar-refractivity contribution in [3.05, 3.63) is 9.26 Å². The summed E-state index contributed by atoms with van der Waals surface area (Å²) in [5.41, 5.74) is 7.26. The van der Waals surface area contributed by atoms with Crippen LogP contribution in [-0.4, -0.2) is 9.78 Å². The van der Waals surface area contributed by atoms with E-state index in [1.54, 1.807) is 0 Å². The molecule has 1 aromatic heterocycles. The molecule has 2 N–H and O–H groups in total. The van der Waals surface area contributed by atoms with Crippen molar-refractivity contribution >= 4 is 28.4 Å². The minimum Gasteiger partial charge on any atom is -0.383 e. The van der Waals surface area contributed by atoms with Gasteiger partial charge in [-0.25, -0.2) is 4.68 Å². The summed E-state index contributed by atoms with van der Waals surface area (Å²) in [4.78, 5) is 0. The lowest BCUT2D eigenvalue weighted by molar-refractivity contribution is 0.174. The number of aryl methyl sites for hydroxylation is 1. The van der Waals surface area contributed by atoms with Crippen LogP contribution in [0.5, 0.6) is 0 Å². The van der Waals surface area contributed by atoms with E-state index >= 15 is 0 Å². The molecule has 0 spiro atoms.